The topological polar surface area (TPSA) is 84.3 Å². The van der Waals surface area contributed by atoms with Crippen LogP contribution in [0.3, 0.4) is 0 Å². The molecule has 0 bridgehead atoms. The van der Waals surface area contributed by atoms with Crippen LogP contribution in [-0.2, 0) is 11.2 Å². The lowest BCUT2D eigenvalue weighted by Crippen LogP contribution is -2.46. The van der Waals surface area contributed by atoms with Crippen LogP contribution in [0.25, 0.3) is 0 Å². The van der Waals surface area contributed by atoms with Gasteiger partial charge in [-0.05, 0) is 12.5 Å². The molecule has 1 aliphatic heterocycles. The number of hydrogen-bond donors (Lipinski definition) is 2. The minimum absolute atomic E-state index is 0.0521. The molecular weight excluding hydrogens is 278 g/mol. The lowest BCUT2D eigenvalue weighted by atomic mass is 10.1. The minimum atomic E-state index is -0.413. The molecule has 0 radical (unpaired) electrons. The van der Waals surface area contributed by atoms with Crippen molar-refractivity contribution >= 4 is 29.0 Å². The predicted octanol–water partition coefficient (Wildman–Crippen LogP) is 1.80. The number of anilines is 1. The Balaban J connectivity index is 2.10. The average Bonchev–Trinajstić information content (AvgIpc) is 2.48. The molecule has 1 aromatic rings. The van der Waals surface area contributed by atoms with Gasteiger partial charge in [-0.25, -0.2) is 0 Å². The number of carbonyl (C=O) groups excluding carboxylic acids is 1. The van der Waals surface area contributed by atoms with Gasteiger partial charge in [0.15, 0.2) is 0 Å². The van der Waals surface area contributed by atoms with Crippen LogP contribution in [0.4, 0.5) is 11.4 Å². The maximum absolute atomic E-state index is 12.0. The quantitative estimate of drug-likeness (QED) is 0.653. The fourth-order valence-corrected chi connectivity index (χ4v) is 3.01. The third-order valence-electron chi connectivity index (χ3n) is 3.17. The molecule has 0 aromatic heterocycles. The summed E-state index contributed by atoms with van der Waals surface area (Å²) in [4.78, 5) is 22.6. The first-order valence-electron chi connectivity index (χ1n) is 6.51. The van der Waals surface area contributed by atoms with Crippen molar-refractivity contribution in [2.75, 3.05) is 23.4 Å². The van der Waals surface area contributed by atoms with Crippen molar-refractivity contribution in [2.24, 2.45) is 0 Å². The van der Waals surface area contributed by atoms with Crippen molar-refractivity contribution in [1.82, 2.24) is 5.32 Å². The summed E-state index contributed by atoms with van der Waals surface area (Å²) in [7, 11) is 0. The van der Waals surface area contributed by atoms with Crippen molar-refractivity contribution in [3.05, 3.63) is 33.9 Å². The molecule has 1 saturated heterocycles. The molecule has 0 aliphatic carbocycles. The minimum Gasteiger partial charge on any atom is -0.324 e. The van der Waals surface area contributed by atoms with Gasteiger partial charge in [-0.15, -0.1) is 0 Å². The maximum Gasteiger partial charge on any atom is 0.274 e. The van der Waals surface area contributed by atoms with Crippen molar-refractivity contribution in [3.8, 4) is 0 Å². The van der Waals surface area contributed by atoms with E-state index in [-0.39, 0.29) is 17.6 Å². The van der Waals surface area contributed by atoms with Crippen LogP contribution in [0.2, 0.25) is 0 Å². The Morgan fingerprint density at radius 1 is 1.60 bits per heavy atom. The number of hydrogen-bond acceptors (Lipinski definition) is 5. The summed E-state index contributed by atoms with van der Waals surface area (Å²) in [6.07, 6.45) is 0.589. The fourth-order valence-electron chi connectivity index (χ4n) is 2.07. The molecule has 2 rings (SSSR count). The molecule has 1 unspecified atom stereocenters. The molecule has 0 saturated carbocycles. The standard InChI is InChI=1S/C13H17N3O3S/c1-2-9-3-4-10(7-12(9)16(18)19)15-13(17)11-8-20-6-5-14-11/h3-4,7,11,14H,2,5-6,8H2,1H3,(H,15,17). The van der Waals surface area contributed by atoms with Crippen LogP contribution in [0, 0.1) is 10.1 Å². The van der Waals surface area contributed by atoms with E-state index in [0.717, 1.165) is 18.1 Å². The number of carbonyl (C=O) groups is 1. The second kappa shape index (κ2) is 6.71. The zero-order valence-corrected chi connectivity index (χ0v) is 12.0. The van der Waals surface area contributed by atoms with Gasteiger partial charge in [-0.3, -0.25) is 14.9 Å². The highest BCUT2D eigenvalue weighted by Crippen LogP contribution is 2.24. The monoisotopic (exact) mass is 295 g/mol. The summed E-state index contributed by atoms with van der Waals surface area (Å²) in [6.45, 7) is 2.67. The van der Waals surface area contributed by atoms with E-state index < -0.39 is 4.92 Å². The summed E-state index contributed by atoms with van der Waals surface area (Å²) in [5.41, 5.74) is 1.19. The smallest absolute Gasteiger partial charge is 0.274 e. The zero-order valence-electron chi connectivity index (χ0n) is 11.2. The van der Waals surface area contributed by atoms with Gasteiger partial charge < -0.3 is 10.6 Å². The van der Waals surface area contributed by atoms with E-state index in [2.05, 4.69) is 10.6 Å². The summed E-state index contributed by atoms with van der Waals surface area (Å²) < 4.78 is 0. The van der Waals surface area contributed by atoms with Gasteiger partial charge in [0, 0.05) is 35.4 Å². The molecule has 1 atom stereocenters. The number of rotatable bonds is 4. The number of nitro groups is 1. The van der Waals surface area contributed by atoms with E-state index >= 15 is 0 Å². The van der Waals surface area contributed by atoms with Gasteiger partial charge in [-0.1, -0.05) is 13.0 Å². The number of benzene rings is 1. The van der Waals surface area contributed by atoms with E-state index in [9.17, 15) is 14.9 Å². The van der Waals surface area contributed by atoms with E-state index in [1.807, 2.05) is 6.92 Å². The summed E-state index contributed by atoms with van der Waals surface area (Å²) in [5, 5.41) is 16.9. The van der Waals surface area contributed by atoms with Gasteiger partial charge in [0.2, 0.25) is 5.91 Å². The fraction of sp³-hybridized carbons (Fsp3) is 0.462. The zero-order chi connectivity index (χ0) is 14.5. The molecule has 1 amide bonds. The van der Waals surface area contributed by atoms with Crippen molar-refractivity contribution in [1.29, 1.82) is 0 Å². The molecule has 1 aliphatic rings. The number of nitrogens with one attached hydrogen (secondary N) is 2. The second-order valence-electron chi connectivity index (χ2n) is 4.53. The van der Waals surface area contributed by atoms with Crippen LogP contribution in [0.15, 0.2) is 18.2 Å². The van der Waals surface area contributed by atoms with Crippen LogP contribution < -0.4 is 10.6 Å². The Morgan fingerprint density at radius 2 is 2.40 bits per heavy atom. The Morgan fingerprint density at radius 3 is 3.00 bits per heavy atom. The molecule has 1 fully saturated rings. The number of aryl methyl sites for hydroxylation is 1. The van der Waals surface area contributed by atoms with Crippen LogP contribution in [0.5, 0.6) is 0 Å². The van der Waals surface area contributed by atoms with Crippen LogP contribution in [0.1, 0.15) is 12.5 Å². The lowest BCUT2D eigenvalue weighted by molar-refractivity contribution is -0.385. The van der Waals surface area contributed by atoms with E-state index in [1.165, 1.54) is 6.07 Å². The molecule has 20 heavy (non-hydrogen) atoms. The normalized spacial score (nSPS) is 18.6. The number of thioether (sulfide) groups is 1. The highest BCUT2D eigenvalue weighted by molar-refractivity contribution is 7.99. The molecule has 108 valence electrons. The Kier molecular flexibility index (Phi) is 4.97. The SMILES string of the molecule is CCc1ccc(NC(=O)C2CSCCN2)cc1[N+](=O)[O-]. The highest BCUT2D eigenvalue weighted by Gasteiger charge is 2.22. The summed E-state index contributed by atoms with van der Waals surface area (Å²) in [6, 6.07) is 4.59. The summed E-state index contributed by atoms with van der Waals surface area (Å²) >= 11 is 1.72. The first-order valence-corrected chi connectivity index (χ1v) is 7.66. The molecule has 0 spiro atoms. The number of nitrogens with zero attached hydrogens (tertiary/aromatic N) is 1. The molecule has 2 N–H and O–H groups in total. The first-order chi connectivity index (χ1) is 9.61. The van der Waals surface area contributed by atoms with Crippen LogP contribution >= 0.6 is 11.8 Å². The van der Waals surface area contributed by atoms with Gasteiger partial charge in [0.05, 0.1) is 11.0 Å². The van der Waals surface area contributed by atoms with Gasteiger partial charge in [0.25, 0.3) is 5.69 Å². The Hall–Kier alpha value is -1.60. The predicted molar refractivity (Wildman–Crippen MR) is 80.2 cm³/mol. The Bertz CT molecular complexity index is 516. The van der Waals surface area contributed by atoms with Crippen LogP contribution in [-0.4, -0.2) is 34.9 Å². The molecule has 1 aromatic carbocycles. The van der Waals surface area contributed by atoms with Crippen molar-refractivity contribution in [2.45, 2.75) is 19.4 Å². The van der Waals surface area contributed by atoms with E-state index in [4.69, 9.17) is 0 Å². The van der Waals surface area contributed by atoms with Gasteiger partial charge >= 0.3 is 0 Å². The average molecular weight is 295 g/mol. The van der Waals surface area contributed by atoms with E-state index in [1.54, 1.807) is 23.9 Å². The van der Waals surface area contributed by atoms with Crippen molar-refractivity contribution in [3.63, 3.8) is 0 Å². The maximum atomic E-state index is 12.0. The van der Waals surface area contributed by atoms with Crippen molar-refractivity contribution < 1.29 is 9.72 Å². The number of amides is 1. The number of nitro benzene ring substituents is 1. The largest absolute Gasteiger partial charge is 0.324 e. The molecule has 6 nitrogen and oxygen atoms in total. The lowest BCUT2D eigenvalue weighted by Gasteiger charge is -2.22. The van der Waals surface area contributed by atoms with E-state index in [0.29, 0.717) is 17.7 Å². The van der Waals surface area contributed by atoms with Gasteiger partial charge in [0.1, 0.15) is 0 Å². The third kappa shape index (κ3) is 3.49. The first kappa shape index (κ1) is 14.8. The molecule has 1 heterocycles. The molecule has 7 heteroatoms. The second-order valence-corrected chi connectivity index (χ2v) is 5.67. The van der Waals surface area contributed by atoms with Gasteiger partial charge in [-0.2, -0.15) is 11.8 Å². The molecular formula is C13H17N3O3S. The third-order valence-corrected chi connectivity index (χ3v) is 4.23. The highest BCUT2D eigenvalue weighted by atomic mass is 32.2. The Labute approximate surface area is 121 Å². The summed E-state index contributed by atoms with van der Waals surface area (Å²) in [5.74, 6) is 1.58.